The molecule has 0 saturated heterocycles. The molecule has 6 nitrogen and oxygen atoms in total. The van der Waals surface area contributed by atoms with Crippen LogP contribution in [0.4, 0.5) is 4.39 Å². The van der Waals surface area contributed by atoms with E-state index in [2.05, 4.69) is 25.8 Å². The molecular weight excluding hydrogens is 361 g/mol. The van der Waals surface area contributed by atoms with Gasteiger partial charge in [0.25, 0.3) is 0 Å². The van der Waals surface area contributed by atoms with Crippen molar-refractivity contribution in [3.05, 3.63) is 64.5 Å². The molecule has 0 spiro atoms. The molecule has 1 aliphatic heterocycles. The number of benzene rings is 1. The van der Waals surface area contributed by atoms with Gasteiger partial charge in [-0.25, -0.2) is 14.2 Å². The van der Waals surface area contributed by atoms with Crippen LogP contribution in [-0.2, 0) is 6.54 Å². The first-order valence-electron chi connectivity index (χ1n) is 8.97. The summed E-state index contributed by atoms with van der Waals surface area (Å²) < 4.78 is 17.2. The number of carboxylic acids is 1. The molecular formula is C21H20FN3O3. The van der Waals surface area contributed by atoms with E-state index in [0.717, 1.165) is 11.3 Å². The van der Waals surface area contributed by atoms with Gasteiger partial charge >= 0.3 is 5.97 Å². The summed E-state index contributed by atoms with van der Waals surface area (Å²) >= 11 is 0. The fourth-order valence-electron chi connectivity index (χ4n) is 3.73. The predicted molar refractivity (Wildman–Crippen MR) is 103 cm³/mol. The van der Waals surface area contributed by atoms with Crippen molar-refractivity contribution in [1.29, 1.82) is 0 Å². The van der Waals surface area contributed by atoms with Crippen molar-refractivity contribution in [2.75, 3.05) is 0 Å². The third-order valence-electron chi connectivity index (χ3n) is 5.21. The maximum Gasteiger partial charge on any atom is 0.341 e. The van der Waals surface area contributed by atoms with Crippen LogP contribution in [0.15, 0.2) is 47.7 Å². The third-order valence-corrected chi connectivity index (χ3v) is 5.21. The van der Waals surface area contributed by atoms with Gasteiger partial charge in [0, 0.05) is 24.4 Å². The van der Waals surface area contributed by atoms with E-state index in [4.69, 9.17) is 0 Å². The van der Waals surface area contributed by atoms with E-state index in [1.54, 1.807) is 18.5 Å². The smallest absolute Gasteiger partial charge is 0.341 e. The minimum Gasteiger partial charge on any atom is -0.477 e. The van der Waals surface area contributed by atoms with Crippen LogP contribution in [0.25, 0.3) is 22.6 Å². The zero-order valence-electron chi connectivity index (χ0n) is 15.8. The first kappa shape index (κ1) is 18.2. The monoisotopic (exact) mass is 381 g/mol. The third kappa shape index (κ3) is 2.83. The SMILES string of the molecule is CC(C)(C)[C@@H]1Cn2cnc(-c3ccc(F)cc3)c2-c2cc(=O)c(C(=O)O)cn21. The van der Waals surface area contributed by atoms with Crippen LogP contribution in [-0.4, -0.2) is 25.2 Å². The molecule has 4 rings (SSSR count). The van der Waals surface area contributed by atoms with E-state index in [0.29, 0.717) is 17.9 Å². The van der Waals surface area contributed by atoms with Crippen molar-refractivity contribution < 1.29 is 14.3 Å². The largest absolute Gasteiger partial charge is 0.477 e. The summed E-state index contributed by atoms with van der Waals surface area (Å²) in [5.41, 5.74) is 1.70. The Morgan fingerprint density at radius 2 is 1.93 bits per heavy atom. The maximum atomic E-state index is 13.3. The summed E-state index contributed by atoms with van der Waals surface area (Å²) in [4.78, 5) is 28.5. The summed E-state index contributed by atoms with van der Waals surface area (Å²) in [5.74, 6) is -1.59. The topological polar surface area (TPSA) is 77.1 Å². The molecule has 0 saturated carbocycles. The van der Waals surface area contributed by atoms with Crippen LogP contribution in [0, 0.1) is 11.2 Å². The Morgan fingerprint density at radius 3 is 2.54 bits per heavy atom. The maximum absolute atomic E-state index is 13.3. The minimum atomic E-state index is -1.24. The van der Waals surface area contributed by atoms with Gasteiger partial charge < -0.3 is 14.2 Å². The van der Waals surface area contributed by atoms with Crippen LogP contribution in [0.2, 0.25) is 0 Å². The lowest BCUT2D eigenvalue weighted by molar-refractivity contribution is 0.0693. The highest BCUT2D eigenvalue weighted by atomic mass is 19.1. The van der Waals surface area contributed by atoms with Gasteiger partial charge in [0.05, 0.1) is 29.5 Å². The molecule has 144 valence electrons. The summed E-state index contributed by atoms with van der Waals surface area (Å²) in [6, 6.07) is 7.31. The number of imidazole rings is 1. The number of rotatable bonds is 2. The van der Waals surface area contributed by atoms with Crippen molar-refractivity contribution >= 4 is 5.97 Å². The van der Waals surface area contributed by atoms with Crippen molar-refractivity contribution in [2.45, 2.75) is 33.4 Å². The van der Waals surface area contributed by atoms with Gasteiger partial charge in [0.15, 0.2) is 5.43 Å². The second-order valence-corrected chi connectivity index (χ2v) is 8.13. The number of carbonyl (C=O) groups is 1. The van der Waals surface area contributed by atoms with Gasteiger partial charge in [-0.1, -0.05) is 20.8 Å². The fourth-order valence-corrected chi connectivity index (χ4v) is 3.73. The van der Waals surface area contributed by atoms with E-state index in [1.807, 2.05) is 9.13 Å². The van der Waals surface area contributed by atoms with Gasteiger partial charge in [-0.3, -0.25) is 4.79 Å². The summed E-state index contributed by atoms with van der Waals surface area (Å²) in [6.07, 6.45) is 3.15. The Kier molecular flexibility index (Phi) is 3.99. The molecule has 0 fully saturated rings. The highest BCUT2D eigenvalue weighted by molar-refractivity contribution is 5.88. The van der Waals surface area contributed by atoms with E-state index >= 15 is 0 Å². The average molecular weight is 381 g/mol. The number of hydrogen-bond donors (Lipinski definition) is 1. The van der Waals surface area contributed by atoms with Crippen LogP contribution >= 0.6 is 0 Å². The van der Waals surface area contributed by atoms with Crippen LogP contribution in [0.1, 0.15) is 37.2 Å². The number of hydrogen-bond acceptors (Lipinski definition) is 3. The highest BCUT2D eigenvalue weighted by Crippen LogP contribution is 2.42. The molecule has 1 aromatic carbocycles. The molecule has 7 heteroatoms. The quantitative estimate of drug-likeness (QED) is 0.732. The minimum absolute atomic E-state index is 0.0658. The Hall–Kier alpha value is -3.22. The number of carboxylic acid groups (broad SMARTS) is 1. The molecule has 0 amide bonds. The number of nitrogens with zero attached hydrogens (tertiary/aromatic N) is 3. The van der Waals surface area contributed by atoms with Gasteiger partial charge in [0.2, 0.25) is 0 Å². The number of fused-ring (bicyclic) bond motifs is 3. The molecule has 1 aliphatic rings. The van der Waals surface area contributed by atoms with Crippen molar-refractivity contribution in [3.63, 3.8) is 0 Å². The van der Waals surface area contributed by atoms with Gasteiger partial charge in [0.1, 0.15) is 11.4 Å². The molecule has 1 N–H and O–H groups in total. The Balaban J connectivity index is 2.00. The standard InChI is InChI=1S/C21H20FN3O3/c1-21(2,3)17-10-24-11-23-18(12-4-6-13(22)7-5-12)19(24)15-8-16(26)14(20(27)28)9-25(15)17/h4-9,11,17H,10H2,1-3H3,(H,27,28)/t17-/m0/s1. The zero-order chi connectivity index (χ0) is 20.2. The first-order chi connectivity index (χ1) is 13.2. The Bertz CT molecular complexity index is 1140. The molecule has 2 aromatic heterocycles. The van der Waals surface area contributed by atoms with E-state index in [1.165, 1.54) is 24.4 Å². The van der Waals surface area contributed by atoms with Gasteiger partial charge in [-0.2, -0.15) is 0 Å². The molecule has 0 unspecified atom stereocenters. The van der Waals surface area contributed by atoms with Crippen molar-refractivity contribution in [3.8, 4) is 22.6 Å². The van der Waals surface area contributed by atoms with Gasteiger partial charge in [-0.15, -0.1) is 0 Å². The highest BCUT2D eigenvalue weighted by Gasteiger charge is 2.35. The molecule has 3 heterocycles. The fraction of sp³-hybridized carbons (Fsp3) is 0.286. The number of aromatic carboxylic acids is 1. The van der Waals surface area contributed by atoms with Crippen LogP contribution in [0.5, 0.6) is 0 Å². The molecule has 1 atom stereocenters. The average Bonchev–Trinajstić information content (AvgIpc) is 3.04. The lowest BCUT2D eigenvalue weighted by Gasteiger charge is -2.38. The number of aromatic nitrogens is 3. The Morgan fingerprint density at radius 1 is 1.25 bits per heavy atom. The summed E-state index contributed by atoms with van der Waals surface area (Å²) in [7, 11) is 0. The predicted octanol–water partition coefficient (Wildman–Crippen LogP) is 3.82. The van der Waals surface area contributed by atoms with Crippen molar-refractivity contribution in [1.82, 2.24) is 14.1 Å². The molecule has 0 bridgehead atoms. The van der Waals surface area contributed by atoms with E-state index < -0.39 is 11.4 Å². The lowest BCUT2D eigenvalue weighted by atomic mass is 9.84. The molecule has 28 heavy (non-hydrogen) atoms. The van der Waals surface area contributed by atoms with E-state index in [-0.39, 0.29) is 22.8 Å². The number of pyridine rings is 1. The zero-order valence-corrected chi connectivity index (χ0v) is 15.8. The molecule has 3 aromatic rings. The second-order valence-electron chi connectivity index (χ2n) is 8.13. The van der Waals surface area contributed by atoms with Crippen LogP contribution < -0.4 is 5.43 Å². The van der Waals surface area contributed by atoms with Gasteiger partial charge in [-0.05, 0) is 29.7 Å². The van der Waals surface area contributed by atoms with Crippen LogP contribution in [0.3, 0.4) is 0 Å². The normalized spacial score (nSPS) is 15.8. The molecule has 0 radical (unpaired) electrons. The Labute approximate surface area is 160 Å². The summed E-state index contributed by atoms with van der Waals surface area (Å²) in [5, 5.41) is 9.40. The lowest BCUT2D eigenvalue weighted by Crippen LogP contribution is -2.35. The first-order valence-corrected chi connectivity index (χ1v) is 8.97. The number of halogens is 1. The second kappa shape index (κ2) is 6.15. The summed E-state index contributed by atoms with van der Waals surface area (Å²) in [6.45, 7) is 6.80. The molecule has 0 aliphatic carbocycles. The van der Waals surface area contributed by atoms with E-state index in [9.17, 15) is 19.1 Å². The van der Waals surface area contributed by atoms with Crippen molar-refractivity contribution in [2.24, 2.45) is 5.41 Å².